The van der Waals surface area contributed by atoms with Crippen molar-refractivity contribution in [2.75, 3.05) is 7.11 Å². The molecule has 0 spiro atoms. The number of methoxy groups -OCH3 is 1. The van der Waals surface area contributed by atoms with Crippen molar-refractivity contribution in [2.45, 2.75) is 0 Å². The molecule has 1 N–H and O–H groups in total. The smallest absolute Gasteiger partial charge is 0.234 e. The molecule has 156 valence electrons. The molecule has 3 aromatic carbocycles. The van der Waals surface area contributed by atoms with Crippen LogP contribution in [0, 0.1) is 0 Å². The Bertz CT molecular complexity index is 1620. The van der Waals surface area contributed by atoms with Gasteiger partial charge in [0, 0.05) is 29.7 Å². The summed E-state index contributed by atoms with van der Waals surface area (Å²) >= 11 is 0. The van der Waals surface area contributed by atoms with Crippen molar-refractivity contribution in [1.29, 1.82) is 0 Å². The standard InChI is InChI=1S/C25H19N5O2/c1-30-24-21(14-27-30)25(32-20-7-8-22-17(13-20)9-10-26-22)29-23(28-24)18-4-3-16-12-19(31-2)6-5-15(16)11-18/h3-14,26H,1-2H3. The quantitative estimate of drug-likeness (QED) is 0.409. The third-order valence-electron chi connectivity index (χ3n) is 5.60. The summed E-state index contributed by atoms with van der Waals surface area (Å²) in [4.78, 5) is 12.7. The zero-order chi connectivity index (χ0) is 21.7. The van der Waals surface area contributed by atoms with E-state index in [0.29, 0.717) is 23.1 Å². The van der Waals surface area contributed by atoms with Gasteiger partial charge in [-0.1, -0.05) is 18.2 Å². The van der Waals surface area contributed by atoms with Crippen LogP contribution in [0.2, 0.25) is 0 Å². The second kappa shape index (κ2) is 7.09. The van der Waals surface area contributed by atoms with Crippen molar-refractivity contribution >= 4 is 32.7 Å². The maximum Gasteiger partial charge on any atom is 0.234 e. The highest BCUT2D eigenvalue weighted by Crippen LogP contribution is 2.32. The SMILES string of the molecule is COc1ccc2cc(-c3nc(Oc4ccc5[nH]ccc5c4)c4cnn(C)c4n3)ccc2c1. The molecular weight excluding hydrogens is 402 g/mol. The minimum Gasteiger partial charge on any atom is -0.497 e. The van der Waals surface area contributed by atoms with Gasteiger partial charge in [0.2, 0.25) is 5.88 Å². The molecule has 0 amide bonds. The Morgan fingerprint density at radius 3 is 2.56 bits per heavy atom. The molecule has 0 radical (unpaired) electrons. The number of rotatable bonds is 4. The van der Waals surface area contributed by atoms with E-state index in [1.165, 1.54) is 0 Å². The number of hydrogen-bond acceptors (Lipinski definition) is 5. The average molecular weight is 421 g/mol. The lowest BCUT2D eigenvalue weighted by atomic mass is 10.1. The van der Waals surface area contributed by atoms with E-state index in [1.54, 1.807) is 18.0 Å². The molecule has 3 aromatic heterocycles. The molecule has 32 heavy (non-hydrogen) atoms. The number of aryl methyl sites for hydroxylation is 1. The first kappa shape index (κ1) is 18.4. The maximum absolute atomic E-state index is 6.23. The first-order valence-corrected chi connectivity index (χ1v) is 10.2. The van der Waals surface area contributed by atoms with Gasteiger partial charge in [0.25, 0.3) is 0 Å². The highest BCUT2D eigenvalue weighted by molar-refractivity contribution is 5.89. The zero-order valence-electron chi connectivity index (χ0n) is 17.5. The fraction of sp³-hybridized carbons (Fsp3) is 0.0800. The number of ether oxygens (including phenoxy) is 2. The third-order valence-corrected chi connectivity index (χ3v) is 5.60. The predicted molar refractivity (Wildman–Crippen MR) is 124 cm³/mol. The Labute approximate surface area is 183 Å². The minimum atomic E-state index is 0.475. The van der Waals surface area contributed by atoms with Gasteiger partial charge in [0.1, 0.15) is 16.9 Å². The molecule has 0 saturated carbocycles. The molecule has 0 aliphatic rings. The van der Waals surface area contributed by atoms with Gasteiger partial charge in [0.05, 0.1) is 13.3 Å². The summed E-state index contributed by atoms with van der Waals surface area (Å²) in [5.74, 6) is 2.59. The van der Waals surface area contributed by atoms with Crippen LogP contribution in [0.4, 0.5) is 0 Å². The maximum atomic E-state index is 6.23. The molecule has 7 nitrogen and oxygen atoms in total. The Morgan fingerprint density at radius 1 is 0.844 bits per heavy atom. The van der Waals surface area contributed by atoms with Crippen LogP contribution in [0.25, 0.3) is 44.1 Å². The van der Waals surface area contributed by atoms with Crippen molar-refractivity contribution in [2.24, 2.45) is 7.05 Å². The average Bonchev–Trinajstić information content (AvgIpc) is 3.44. The lowest BCUT2D eigenvalue weighted by Gasteiger charge is -2.10. The van der Waals surface area contributed by atoms with E-state index in [1.807, 2.05) is 67.8 Å². The lowest BCUT2D eigenvalue weighted by molar-refractivity contribution is 0.415. The number of aromatic nitrogens is 5. The fourth-order valence-electron chi connectivity index (χ4n) is 3.90. The van der Waals surface area contributed by atoms with Crippen LogP contribution < -0.4 is 9.47 Å². The monoisotopic (exact) mass is 421 g/mol. The molecule has 7 heteroatoms. The van der Waals surface area contributed by atoms with Gasteiger partial charge in [0.15, 0.2) is 11.5 Å². The molecular formula is C25H19N5O2. The summed E-state index contributed by atoms with van der Waals surface area (Å²) in [5, 5.41) is 8.36. The highest BCUT2D eigenvalue weighted by atomic mass is 16.5. The van der Waals surface area contributed by atoms with Crippen LogP contribution in [0.15, 0.2) is 73.1 Å². The number of H-pyrrole nitrogens is 1. The Hall–Kier alpha value is -4.39. The van der Waals surface area contributed by atoms with E-state index in [2.05, 4.69) is 16.1 Å². The van der Waals surface area contributed by atoms with Gasteiger partial charge in [-0.3, -0.25) is 4.68 Å². The van der Waals surface area contributed by atoms with Crippen LogP contribution in [0.3, 0.4) is 0 Å². The minimum absolute atomic E-state index is 0.475. The second-order valence-electron chi connectivity index (χ2n) is 7.61. The van der Waals surface area contributed by atoms with Gasteiger partial charge in [-0.2, -0.15) is 10.1 Å². The third kappa shape index (κ3) is 3.02. The topological polar surface area (TPSA) is 77.9 Å². The van der Waals surface area contributed by atoms with Crippen molar-refractivity contribution < 1.29 is 9.47 Å². The molecule has 0 aliphatic carbocycles. The number of fused-ring (bicyclic) bond motifs is 3. The first-order chi connectivity index (χ1) is 15.7. The Kier molecular flexibility index (Phi) is 4.07. The van der Waals surface area contributed by atoms with Gasteiger partial charge >= 0.3 is 0 Å². The van der Waals surface area contributed by atoms with Crippen LogP contribution in [0.5, 0.6) is 17.4 Å². The molecule has 6 rings (SSSR count). The summed E-state index contributed by atoms with van der Waals surface area (Å²) in [6.07, 6.45) is 3.64. The normalized spacial score (nSPS) is 11.4. The first-order valence-electron chi connectivity index (χ1n) is 10.2. The number of benzene rings is 3. The van der Waals surface area contributed by atoms with Crippen LogP contribution >= 0.6 is 0 Å². The lowest BCUT2D eigenvalue weighted by Crippen LogP contribution is -1.98. The molecule has 0 fully saturated rings. The molecule has 0 saturated heterocycles. The van der Waals surface area contributed by atoms with E-state index in [0.717, 1.165) is 38.4 Å². The van der Waals surface area contributed by atoms with Crippen molar-refractivity contribution in [3.63, 3.8) is 0 Å². The van der Waals surface area contributed by atoms with Gasteiger partial charge in [-0.15, -0.1) is 0 Å². The van der Waals surface area contributed by atoms with E-state index in [4.69, 9.17) is 19.4 Å². The van der Waals surface area contributed by atoms with Crippen LogP contribution in [0.1, 0.15) is 0 Å². The zero-order valence-corrected chi connectivity index (χ0v) is 17.5. The van der Waals surface area contributed by atoms with Gasteiger partial charge < -0.3 is 14.5 Å². The summed E-state index contributed by atoms with van der Waals surface area (Å²) in [6.45, 7) is 0. The number of nitrogens with zero attached hydrogens (tertiary/aromatic N) is 4. The van der Waals surface area contributed by atoms with Crippen LogP contribution in [-0.4, -0.2) is 31.8 Å². The van der Waals surface area contributed by atoms with Gasteiger partial charge in [-0.25, -0.2) is 4.98 Å². The van der Waals surface area contributed by atoms with Gasteiger partial charge in [-0.05, 0) is 53.2 Å². The molecule has 0 unspecified atom stereocenters. The van der Waals surface area contributed by atoms with Crippen LogP contribution in [-0.2, 0) is 7.05 Å². The molecule has 3 heterocycles. The summed E-state index contributed by atoms with van der Waals surface area (Å²) in [5.41, 5.74) is 2.67. The van der Waals surface area contributed by atoms with Crippen molar-refractivity contribution in [3.05, 3.63) is 73.1 Å². The summed E-state index contributed by atoms with van der Waals surface area (Å²) in [6, 6.07) is 20.0. The Balaban J connectivity index is 1.47. The number of hydrogen-bond donors (Lipinski definition) is 1. The van der Waals surface area contributed by atoms with E-state index in [9.17, 15) is 0 Å². The fourth-order valence-corrected chi connectivity index (χ4v) is 3.90. The van der Waals surface area contributed by atoms with E-state index in [-0.39, 0.29) is 0 Å². The Morgan fingerprint density at radius 2 is 1.66 bits per heavy atom. The molecule has 6 aromatic rings. The molecule has 0 aliphatic heterocycles. The summed E-state index contributed by atoms with van der Waals surface area (Å²) in [7, 11) is 3.53. The van der Waals surface area contributed by atoms with Crippen molar-refractivity contribution in [1.82, 2.24) is 24.7 Å². The molecule has 0 bridgehead atoms. The van der Waals surface area contributed by atoms with E-state index >= 15 is 0 Å². The molecule has 0 atom stereocenters. The van der Waals surface area contributed by atoms with Crippen molar-refractivity contribution in [3.8, 4) is 28.8 Å². The predicted octanol–water partition coefficient (Wildman–Crippen LogP) is 5.47. The largest absolute Gasteiger partial charge is 0.497 e. The highest BCUT2D eigenvalue weighted by Gasteiger charge is 2.15. The van der Waals surface area contributed by atoms with E-state index < -0.39 is 0 Å². The summed E-state index contributed by atoms with van der Waals surface area (Å²) < 4.78 is 13.3. The number of aromatic amines is 1. The second-order valence-corrected chi connectivity index (χ2v) is 7.61. The number of nitrogens with one attached hydrogen (secondary N) is 1.